The molecule has 0 saturated carbocycles. The number of nitrogens with one attached hydrogen (secondary N) is 1. The first-order chi connectivity index (χ1) is 15.3. The van der Waals surface area contributed by atoms with Crippen LogP contribution in [0.3, 0.4) is 0 Å². The molecule has 2 aromatic carbocycles. The topological polar surface area (TPSA) is 91.9 Å². The van der Waals surface area contributed by atoms with Crippen molar-refractivity contribution in [1.29, 1.82) is 0 Å². The maximum Gasteiger partial charge on any atom is 0.291 e. The van der Waals surface area contributed by atoms with Gasteiger partial charge in [-0.2, -0.15) is 0 Å². The summed E-state index contributed by atoms with van der Waals surface area (Å²) < 4.78 is 5.64. The molecule has 4 rings (SSSR count). The van der Waals surface area contributed by atoms with E-state index in [4.69, 9.17) is 4.42 Å². The molecule has 1 atom stereocenters. The number of likely N-dealkylation sites (N-methyl/N-ethyl adjacent to an activating group) is 1. The number of hydrogen-bond acceptors (Lipinski definition) is 6. The number of anilines is 2. The Balaban J connectivity index is 1.45. The van der Waals surface area contributed by atoms with Crippen LogP contribution in [0.4, 0.5) is 17.1 Å². The molecule has 0 aliphatic carbocycles. The summed E-state index contributed by atoms with van der Waals surface area (Å²) in [5.41, 5.74) is 2.84. The Morgan fingerprint density at radius 3 is 2.56 bits per heavy atom. The highest BCUT2D eigenvalue weighted by Crippen LogP contribution is 2.32. The number of furan rings is 1. The second kappa shape index (κ2) is 8.84. The summed E-state index contributed by atoms with van der Waals surface area (Å²) in [7, 11) is 4.20. The van der Waals surface area contributed by atoms with Gasteiger partial charge in [0.1, 0.15) is 5.76 Å². The van der Waals surface area contributed by atoms with Crippen LogP contribution in [-0.4, -0.2) is 49.0 Å². The second-order valence-electron chi connectivity index (χ2n) is 8.29. The molecule has 0 radical (unpaired) electrons. The Kier molecular flexibility index (Phi) is 5.96. The van der Waals surface area contributed by atoms with Crippen molar-refractivity contribution < 1.29 is 14.1 Å². The fraction of sp³-hybridized carbons (Fsp3) is 0.292. The Morgan fingerprint density at radius 1 is 1.16 bits per heavy atom. The lowest BCUT2D eigenvalue weighted by Gasteiger charge is -2.22. The van der Waals surface area contributed by atoms with Gasteiger partial charge in [0.2, 0.25) is 0 Å². The third kappa shape index (κ3) is 4.50. The van der Waals surface area contributed by atoms with Crippen LogP contribution >= 0.6 is 0 Å². The highest BCUT2D eigenvalue weighted by molar-refractivity contribution is 6.02. The molecular formula is C24H26N4O4. The van der Waals surface area contributed by atoms with E-state index in [2.05, 4.69) is 29.2 Å². The zero-order valence-corrected chi connectivity index (χ0v) is 18.4. The van der Waals surface area contributed by atoms with E-state index in [1.54, 1.807) is 25.1 Å². The van der Waals surface area contributed by atoms with E-state index < -0.39 is 10.8 Å². The summed E-state index contributed by atoms with van der Waals surface area (Å²) in [6.07, 6.45) is 1.13. The van der Waals surface area contributed by atoms with Crippen molar-refractivity contribution in [2.75, 3.05) is 37.4 Å². The summed E-state index contributed by atoms with van der Waals surface area (Å²) in [6.45, 7) is 3.78. The summed E-state index contributed by atoms with van der Waals surface area (Å²) in [5, 5.41) is 14.2. The molecule has 2 heterocycles. The molecule has 1 unspecified atom stereocenters. The van der Waals surface area contributed by atoms with Crippen molar-refractivity contribution in [2.45, 2.75) is 19.4 Å². The maximum atomic E-state index is 12.6. The molecule has 1 aromatic heterocycles. The maximum absolute atomic E-state index is 12.6. The van der Waals surface area contributed by atoms with Crippen molar-refractivity contribution in [3.05, 3.63) is 76.0 Å². The number of nitro benzene ring substituents is 1. The zero-order chi connectivity index (χ0) is 22.8. The average Bonchev–Trinajstić information content (AvgIpc) is 3.44. The van der Waals surface area contributed by atoms with Crippen LogP contribution in [0.25, 0.3) is 11.3 Å². The Morgan fingerprint density at radius 2 is 1.91 bits per heavy atom. The lowest BCUT2D eigenvalue weighted by molar-refractivity contribution is -0.384. The van der Waals surface area contributed by atoms with Crippen LogP contribution in [0.2, 0.25) is 0 Å². The highest BCUT2D eigenvalue weighted by Gasteiger charge is 2.24. The van der Waals surface area contributed by atoms with Crippen molar-refractivity contribution in [3.8, 4) is 11.3 Å². The molecule has 0 bridgehead atoms. The van der Waals surface area contributed by atoms with Gasteiger partial charge in [0.25, 0.3) is 11.6 Å². The molecule has 3 aromatic rings. The molecule has 8 nitrogen and oxygen atoms in total. The molecule has 1 aliphatic heterocycles. The van der Waals surface area contributed by atoms with Crippen LogP contribution in [0.5, 0.6) is 0 Å². The van der Waals surface area contributed by atoms with Crippen molar-refractivity contribution in [1.82, 2.24) is 4.90 Å². The first-order valence-corrected chi connectivity index (χ1v) is 10.5. The number of nitrogens with zero attached hydrogens (tertiary/aromatic N) is 3. The molecule has 1 amide bonds. The number of nitro groups is 1. The quantitative estimate of drug-likeness (QED) is 0.452. The second-order valence-corrected chi connectivity index (χ2v) is 8.29. The Bertz CT molecular complexity index is 1140. The molecule has 8 heteroatoms. The van der Waals surface area contributed by atoms with Crippen LogP contribution in [0.1, 0.15) is 22.5 Å². The van der Waals surface area contributed by atoms with Gasteiger partial charge in [-0.15, -0.1) is 0 Å². The minimum Gasteiger partial charge on any atom is -0.451 e. The number of aryl methyl sites for hydroxylation is 1. The Hall–Kier alpha value is -3.65. The van der Waals surface area contributed by atoms with Crippen LogP contribution < -0.4 is 10.2 Å². The van der Waals surface area contributed by atoms with E-state index in [0.29, 0.717) is 17.3 Å². The number of benzene rings is 2. The molecule has 166 valence electrons. The standard InChI is InChI=1S/C24H26N4O4/c1-16-4-9-20(21(14-16)28(30)31)22-10-11-23(32-22)24(29)25-17-5-7-18(8-6-17)27-13-12-19(15-27)26(2)3/h4-11,14,19H,12-13,15H2,1-3H3,(H,25,29). The van der Waals surface area contributed by atoms with E-state index >= 15 is 0 Å². The van der Waals surface area contributed by atoms with E-state index in [1.165, 1.54) is 12.1 Å². The zero-order valence-electron chi connectivity index (χ0n) is 18.4. The molecule has 1 aliphatic rings. The van der Waals surface area contributed by atoms with Crippen molar-refractivity contribution >= 4 is 23.0 Å². The van der Waals surface area contributed by atoms with Crippen molar-refractivity contribution in [3.63, 3.8) is 0 Å². The summed E-state index contributed by atoms with van der Waals surface area (Å²) >= 11 is 0. The molecule has 32 heavy (non-hydrogen) atoms. The third-order valence-electron chi connectivity index (χ3n) is 5.83. The highest BCUT2D eigenvalue weighted by atomic mass is 16.6. The Labute approximate surface area is 186 Å². The largest absolute Gasteiger partial charge is 0.451 e. The number of hydrogen-bond donors (Lipinski definition) is 1. The van der Waals surface area contributed by atoms with E-state index in [-0.39, 0.29) is 17.2 Å². The minimum absolute atomic E-state index is 0.0553. The summed E-state index contributed by atoms with van der Waals surface area (Å²) in [5.74, 6) is -0.0402. The lowest BCUT2D eigenvalue weighted by Crippen LogP contribution is -2.31. The smallest absolute Gasteiger partial charge is 0.291 e. The molecule has 1 saturated heterocycles. The van der Waals surface area contributed by atoms with Gasteiger partial charge in [-0.25, -0.2) is 0 Å². The molecular weight excluding hydrogens is 408 g/mol. The van der Waals surface area contributed by atoms with Crippen LogP contribution in [0, 0.1) is 17.0 Å². The van der Waals surface area contributed by atoms with E-state index in [1.807, 2.05) is 24.3 Å². The fourth-order valence-electron chi connectivity index (χ4n) is 3.95. The van der Waals surface area contributed by atoms with Gasteiger partial charge < -0.3 is 19.5 Å². The number of amides is 1. The number of carbonyl (C=O) groups is 1. The molecule has 0 spiro atoms. The van der Waals surface area contributed by atoms with E-state index in [0.717, 1.165) is 30.8 Å². The van der Waals surface area contributed by atoms with Gasteiger partial charge >= 0.3 is 0 Å². The van der Waals surface area contributed by atoms with E-state index in [9.17, 15) is 14.9 Å². The predicted molar refractivity (Wildman–Crippen MR) is 124 cm³/mol. The SMILES string of the molecule is Cc1ccc(-c2ccc(C(=O)Nc3ccc(N4CCC(N(C)C)C4)cc3)o2)c([N+](=O)[O-])c1. The molecule has 1 fully saturated rings. The summed E-state index contributed by atoms with van der Waals surface area (Å²) in [4.78, 5) is 28.2. The van der Waals surface area contributed by atoms with Crippen LogP contribution in [0.15, 0.2) is 59.0 Å². The lowest BCUT2D eigenvalue weighted by atomic mass is 10.1. The minimum atomic E-state index is -0.451. The first kappa shape index (κ1) is 21.6. The average molecular weight is 434 g/mol. The normalized spacial score (nSPS) is 15.9. The predicted octanol–water partition coefficient (Wildman–Crippen LogP) is 4.56. The summed E-state index contributed by atoms with van der Waals surface area (Å²) in [6, 6.07) is 16.3. The fourth-order valence-corrected chi connectivity index (χ4v) is 3.95. The van der Waals surface area contributed by atoms with Gasteiger partial charge in [-0.05, 0) is 75.5 Å². The van der Waals surface area contributed by atoms with Gasteiger partial charge in [0.05, 0.1) is 10.5 Å². The van der Waals surface area contributed by atoms with Gasteiger partial charge in [-0.3, -0.25) is 14.9 Å². The van der Waals surface area contributed by atoms with Gasteiger partial charge in [-0.1, -0.05) is 6.07 Å². The number of rotatable bonds is 6. The molecule has 1 N–H and O–H groups in total. The monoisotopic (exact) mass is 434 g/mol. The van der Waals surface area contributed by atoms with Gasteiger partial charge in [0, 0.05) is 36.6 Å². The van der Waals surface area contributed by atoms with Crippen molar-refractivity contribution in [2.24, 2.45) is 0 Å². The van der Waals surface area contributed by atoms with Gasteiger partial charge in [0.15, 0.2) is 5.76 Å². The third-order valence-corrected chi connectivity index (χ3v) is 5.83. The van der Waals surface area contributed by atoms with Crippen LogP contribution in [-0.2, 0) is 0 Å². The first-order valence-electron chi connectivity index (χ1n) is 10.5. The number of carbonyl (C=O) groups excluding carboxylic acids is 1.